The maximum absolute atomic E-state index is 12.0. The first kappa shape index (κ1) is 32.6. The van der Waals surface area contributed by atoms with Crippen molar-refractivity contribution in [2.24, 2.45) is 5.92 Å². The van der Waals surface area contributed by atoms with E-state index in [1.54, 1.807) is 33.2 Å². The first-order chi connectivity index (χ1) is 14.7. The van der Waals surface area contributed by atoms with Crippen LogP contribution in [-0.2, 0) is 16.1 Å². The molecule has 0 saturated heterocycles. The van der Waals surface area contributed by atoms with Gasteiger partial charge in [0.25, 0.3) is 5.91 Å². The predicted octanol–water partition coefficient (Wildman–Crippen LogP) is 0.650. The van der Waals surface area contributed by atoms with Gasteiger partial charge < -0.3 is 37.1 Å². The molecule has 0 spiro atoms. The number of nitrogens with zero attached hydrogens (tertiary/aromatic N) is 1. The topological polar surface area (TPSA) is 102 Å². The van der Waals surface area contributed by atoms with Gasteiger partial charge in [-0.1, -0.05) is 26.8 Å². The van der Waals surface area contributed by atoms with Crippen molar-refractivity contribution in [2.75, 3.05) is 26.0 Å². The summed E-state index contributed by atoms with van der Waals surface area (Å²) in [5, 5.41) is 16.8. The molecule has 1 amide bonds. The Balaban J connectivity index is 0. The third-order valence-electron chi connectivity index (χ3n) is 3.74. The molecule has 3 N–H and O–H groups in total. The van der Waals surface area contributed by atoms with Gasteiger partial charge in [-0.05, 0) is 37.6 Å². The number of hydrogen-bond acceptors (Lipinski definition) is 5. The Morgan fingerprint density at radius 2 is 1.94 bits per heavy atom. The number of rotatable bonds is 11. The molecule has 1 aromatic rings. The van der Waals surface area contributed by atoms with Crippen molar-refractivity contribution in [1.82, 2.24) is 10.6 Å². The minimum absolute atomic E-state index is 0. The molecule has 0 heterocycles. The van der Waals surface area contributed by atoms with Crippen LogP contribution in [0.3, 0.4) is 0 Å². The molecule has 0 aliphatic heterocycles. The van der Waals surface area contributed by atoms with Crippen molar-refractivity contribution >= 4 is 23.6 Å². The van der Waals surface area contributed by atoms with E-state index in [9.17, 15) is 9.59 Å². The third kappa shape index (κ3) is 13.8. The summed E-state index contributed by atoms with van der Waals surface area (Å²) in [5.74, 6) is 0.159. The van der Waals surface area contributed by atoms with Crippen molar-refractivity contribution in [1.29, 1.82) is 0 Å². The van der Waals surface area contributed by atoms with Gasteiger partial charge in [-0.15, -0.1) is 5.70 Å². The summed E-state index contributed by atoms with van der Waals surface area (Å²) in [6.07, 6.45) is 7.77. The van der Waals surface area contributed by atoms with Gasteiger partial charge in [-0.25, -0.2) is 6.08 Å². The van der Waals surface area contributed by atoms with Crippen LogP contribution >= 0.6 is 0 Å². The Morgan fingerprint density at radius 3 is 2.38 bits per heavy atom. The van der Waals surface area contributed by atoms with Gasteiger partial charge in [0.15, 0.2) is 0 Å². The fraction of sp³-hybridized carbons (Fsp3) is 0.375. The second-order valence-corrected chi connectivity index (χ2v) is 6.91. The van der Waals surface area contributed by atoms with Crippen LogP contribution in [0.15, 0.2) is 42.1 Å². The van der Waals surface area contributed by atoms with Crippen LogP contribution in [0.4, 0.5) is 5.69 Å². The SMILES string of the molecule is C=C(C=[C-]NC)Nc1cc(COCC(C)C)ccc1C(=O)NC.C[C-]=C(C=[N-])C(C)=O.[K+]. The van der Waals surface area contributed by atoms with E-state index < -0.39 is 0 Å². The Bertz CT molecular complexity index is 817. The number of ketones is 1. The van der Waals surface area contributed by atoms with E-state index in [1.807, 2.05) is 12.1 Å². The maximum atomic E-state index is 12.0. The van der Waals surface area contributed by atoms with Gasteiger partial charge in [0.2, 0.25) is 0 Å². The molecule has 0 fully saturated rings. The van der Waals surface area contributed by atoms with Gasteiger partial charge >= 0.3 is 51.4 Å². The zero-order chi connectivity index (χ0) is 23.8. The molecule has 8 heteroatoms. The average molecular weight is 465 g/mol. The number of anilines is 1. The first-order valence-electron chi connectivity index (χ1n) is 9.87. The smallest absolute Gasteiger partial charge is 0.879 e. The molecule has 0 aliphatic rings. The van der Waals surface area contributed by atoms with Crippen molar-refractivity contribution in [3.8, 4) is 0 Å². The molecule has 170 valence electrons. The van der Waals surface area contributed by atoms with Crippen LogP contribution in [0.5, 0.6) is 0 Å². The normalized spacial score (nSPS) is 10.5. The van der Waals surface area contributed by atoms with E-state index in [2.05, 4.69) is 48.7 Å². The van der Waals surface area contributed by atoms with Gasteiger partial charge in [-0.2, -0.15) is 24.4 Å². The molecule has 0 aromatic heterocycles. The molecular formula is C24H33KN4O3-2. The number of benzene rings is 1. The van der Waals surface area contributed by atoms with Gasteiger partial charge in [0.05, 0.1) is 12.2 Å². The van der Waals surface area contributed by atoms with E-state index in [4.69, 9.17) is 10.1 Å². The monoisotopic (exact) mass is 464 g/mol. The summed E-state index contributed by atoms with van der Waals surface area (Å²) in [7, 11) is 3.36. The van der Waals surface area contributed by atoms with Crippen LogP contribution in [0.2, 0.25) is 0 Å². The number of Topliss-reactive ketones (excluding diaryl/α,β-unsaturated/α-hetero) is 1. The average Bonchev–Trinajstić information content (AvgIpc) is 2.72. The van der Waals surface area contributed by atoms with E-state index in [1.165, 1.54) is 6.92 Å². The molecule has 0 unspecified atom stereocenters. The number of allylic oxidation sites excluding steroid dienone is 3. The molecule has 7 nitrogen and oxygen atoms in total. The number of hydrogen-bond donors (Lipinski definition) is 3. The van der Waals surface area contributed by atoms with Crippen LogP contribution < -0.4 is 67.3 Å². The molecule has 1 aromatic carbocycles. The Morgan fingerprint density at radius 1 is 1.28 bits per heavy atom. The fourth-order valence-corrected chi connectivity index (χ4v) is 2.23. The number of carbonyl (C=O) groups excluding carboxylic acids is 2. The number of nitrogens with one attached hydrogen (secondary N) is 3. The maximum Gasteiger partial charge on any atom is 1.00 e. The Kier molecular flexibility index (Phi) is 19.3. The standard InChI is InChI=1S/C18H26N3O2.C6H7NO.K/c1-13(2)11-23-12-15-6-7-16(18(22)20-5)17(10-15)21-14(3)8-9-19-4;1-3-6(4-7)5(2)8;/h6-8,10,13,19,21H,3,11-12H2,1-2,4-5H3,(H,20,22);4H,1-2H3;/q-1;-2;+1. The van der Waals surface area contributed by atoms with E-state index in [0.29, 0.717) is 36.1 Å². The van der Waals surface area contributed by atoms with Crippen LogP contribution in [0.25, 0.3) is 5.41 Å². The molecule has 1 rings (SSSR count). The molecule has 0 aliphatic carbocycles. The van der Waals surface area contributed by atoms with Crippen LogP contribution in [0, 0.1) is 18.2 Å². The third-order valence-corrected chi connectivity index (χ3v) is 3.74. The quantitative estimate of drug-likeness (QED) is 0.111. The van der Waals surface area contributed by atoms with Crippen molar-refractivity contribution in [3.05, 3.63) is 70.9 Å². The van der Waals surface area contributed by atoms with Crippen molar-refractivity contribution in [3.63, 3.8) is 0 Å². The summed E-state index contributed by atoms with van der Waals surface area (Å²) in [6.45, 7) is 12.3. The van der Waals surface area contributed by atoms with Gasteiger partial charge in [-0.3, -0.25) is 4.79 Å². The number of carbonyl (C=O) groups is 2. The van der Waals surface area contributed by atoms with Gasteiger partial charge in [0, 0.05) is 25.1 Å². The molecule has 0 saturated carbocycles. The second kappa shape index (κ2) is 19.0. The number of ether oxygens (including phenoxy) is 1. The van der Waals surface area contributed by atoms with E-state index >= 15 is 0 Å². The largest absolute Gasteiger partial charge is 1.00 e. The molecule has 0 bridgehead atoms. The zero-order valence-electron chi connectivity index (χ0n) is 20.3. The summed E-state index contributed by atoms with van der Waals surface area (Å²) in [6, 6.07) is 5.59. The van der Waals surface area contributed by atoms with Crippen molar-refractivity contribution < 1.29 is 65.7 Å². The van der Waals surface area contributed by atoms with Crippen LogP contribution in [0.1, 0.15) is 43.6 Å². The summed E-state index contributed by atoms with van der Waals surface area (Å²) >= 11 is 0. The predicted molar refractivity (Wildman–Crippen MR) is 126 cm³/mol. The summed E-state index contributed by atoms with van der Waals surface area (Å²) < 4.78 is 5.65. The molecule has 32 heavy (non-hydrogen) atoms. The molecular weight excluding hydrogens is 431 g/mol. The summed E-state index contributed by atoms with van der Waals surface area (Å²) in [5.41, 5.74) is 3.10. The van der Waals surface area contributed by atoms with E-state index in [-0.39, 0.29) is 68.6 Å². The second-order valence-electron chi connectivity index (χ2n) is 6.91. The molecule has 0 atom stereocenters. The molecule has 0 radical (unpaired) electrons. The Hall–Kier alpha value is -1.55. The summed E-state index contributed by atoms with van der Waals surface area (Å²) in [4.78, 5) is 22.3. The fourth-order valence-electron chi connectivity index (χ4n) is 2.23. The minimum Gasteiger partial charge on any atom is -0.879 e. The Labute approximate surface area is 235 Å². The first-order valence-corrected chi connectivity index (χ1v) is 9.87. The zero-order valence-corrected chi connectivity index (χ0v) is 23.4. The van der Waals surface area contributed by atoms with E-state index in [0.717, 1.165) is 11.8 Å². The van der Waals surface area contributed by atoms with Crippen molar-refractivity contribution in [2.45, 2.75) is 34.3 Å². The van der Waals surface area contributed by atoms with Crippen LogP contribution in [-0.4, -0.2) is 38.6 Å². The van der Waals surface area contributed by atoms with Gasteiger partial charge in [0.1, 0.15) is 0 Å². The minimum atomic E-state index is -0.171. The number of amides is 1.